The number of hydrogen-bond acceptors (Lipinski definition) is 3. The smallest absolute Gasteiger partial charge is 0.407 e. The molecule has 1 saturated heterocycles. The quantitative estimate of drug-likeness (QED) is 0.746. The first-order valence-corrected chi connectivity index (χ1v) is 9.08. The number of amides is 1. The molecule has 138 valence electrons. The monoisotopic (exact) mass is 354 g/mol. The van der Waals surface area contributed by atoms with Gasteiger partial charge in [-0.3, -0.25) is 0 Å². The van der Waals surface area contributed by atoms with E-state index >= 15 is 0 Å². The number of nitrogens with zero attached hydrogens (tertiary/aromatic N) is 1. The molecule has 26 heavy (non-hydrogen) atoms. The summed E-state index contributed by atoms with van der Waals surface area (Å²) in [4.78, 5) is 12.6. The summed E-state index contributed by atoms with van der Waals surface area (Å²) in [5.74, 6) is 0. The molecule has 0 saturated carbocycles. The first-order valence-electron chi connectivity index (χ1n) is 9.08. The number of benzene rings is 2. The molecule has 3 N–H and O–H groups in total. The van der Waals surface area contributed by atoms with Gasteiger partial charge in [0.25, 0.3) is 0 Å². The molecule has 1 aliphatic heterocycles. The van der Waals surface area contributed by atoms with Crippen LogP contribution in [0, 0.1) is 0 Å². The first-order chi connectivity index (χ1) is 12.6. The molecular weight excluding hydrogens is 328 g/mol. The highest BCUT2D eigenvalue weighted by Gasteiger charge is 2.42. The second-order valence-electron chi connectivity index (χ2n) is 6.98. The fraction of sp³-hybridized carbons (Fsp3) is 0.381. The molecular formula is C21H26N2O3. The largest absolute Gasteiger partial charge is 0.465 e. The lowest BCUT2D eigenvalue weighted by Gasteiger charge is -2.46. The average Bonchev–Trinajstić information content (AvgIpc) is 2.68. The van der Waals surface area contributed by atoms with Gasteiger partial charge in [0.05, 0.1) is 12.6 Å². The van der Waals surface area contributed by atoms with Crippen LogP contribution in [0.2, 0.25) is 0 Å². The predicted octanol–water partition coefficient (Wildman–Crippen LogP) is 2.89. The van der Waals surface area contributed by atoms with Crippen molar-refractivity contribution < 1.29 is 15.0 Å². The van der Waals surface area contributed by atoms with Gasteiger partial charge in [-0.05, 0) is 30.4 Å². The average molecular weight is 354 g/mol. The molecule has 0 unspecified atom stereocenters. The molecule has 1 aliphatic rings. The molecule has 1 heterocycles. The van der Waals surface area contributed by atoms with Crippen LogP contribution in [0.15, 0.2) is 60.7 Å². The summed E-state index contributed by atoms with van der Waals surface area (Å²) in [6.45, 7) is 1.23. The molecule has 0 aliphatic carbocycles. The molecule has 5 nitrogen and oxygen atoms in total. The van der Waals surface area contributed by atoms with Crippen LogP contribution >= 0.6 is 0 Å². The van der Waals surface area contributed by atoms with Gasteiger partial charge in [-0.2, -0.15) is 0 Å². The predicted molar refractivity (Wildman–Crippen MR) is 101 cm³/mol. The Balaban J connectivity index is 1.73. The van der Waals surface area contributed by atoms with Gasteiger partial charge in [-0.1, -0.05) is 60.7 Å². The molecule has 3 rings (SSSR count). The van der Waals surface area contributed by atoms with Gasteiger partial charge < -0.3 is 20.4 Å². The van der Waals surface area contributed by atoms with E-state index in [0.717, 1.165) is 18.4 Å². The maximum atomic E-state index is 11.3. The minimum absolute atomic E-state index is 0.145. The maximum Gasteiger partial charge on any atom is 0.407 e. The van der Waals surface area contributed by atoms with Gasteiger partial charge in [-0.15, -0.1) is 0 Å². The van der Waals surface area contributed by atoms with E-state index in [-0.39, 0.29) is 6.54 Å². The lowest BCUT2D eigenvalue weighted by atomic mass is 9.79. The lowest BCUT2D eigenvalue weighted by molar-refractivity contribution is -0.0146. The Morgan fingerprint density at radius 1 is 1.08 bits per heavy atom. The van der Waals surface area contributed by atoms with E-state index in [4.69, 9.17) is 0 Å². The van der Waals surface area contributed by atoms with Gasteiger partial charge >= 0.3 is 6.09 Å². The van der Waals surface area contributed by atoms with Crippen LogP contribution in [0.5, 0.6) is 0 Å². The van der Waals surface area contributed by atoms with E-state index in [1.165, 1.54) is 10.5 Å². The van der Waals surface area contributed by atoms with E-state index in [1.54, 1.807) is 0 Å². The van der Waals surface area contributed by atoms with Crippen molar-refractivity contribution in [3.8, 4) is 0 Å². The zero-order valence-electron chi connectivity index (χ0n) is 14.8. The van der Waals surface area contributed by atoms with Gasteiger partial charge in [0, 0.05) is 18.6 Å². The highest BCUT2D eigenvalue weighted by molar-refractivity contribution is 5.65. The van der Waals surface area contributed by atoms with Crippen molar-refractivity contribution in [2.45, 2.75) is 37.5 Å². The minimum atomic E-state index is -0.969. The number of hydrogen-bond donors (Lipinski definition) is 3. The van der Waals surface area contributed by atoms with Crippen LogP contribution in [0.1, 0.15) is 24.0 Å². The summed E-state index contributed by atoms with van der Waals surface area (Å²) >= 11 is 0. The second-order valence-corrected chi connectivity index (χ2v) is 6.98. The van der Waals surface area contributed by atoms with E-state index in [0.29, 0.717) is 19.5 Å². The molecule has 0 spiro atoms. The number of nitrogens with one attached hydrogen (secondary N) is 1. The number of piperidine rings is 1. The van der Waals surface area contributed by atoms with Crippen molar-refractivity contribution in [2.24, 2.45) is 0 Å². The number of aryl methyl sites for hydroxylation is 1. The van der Waals surface area contributed by atoms with Crippen LogP contribution < -0.4 is 5.32 Å². The molecule has 2 aromatic carbocycles. The fourth-order valence-corrected chi connectivity index (χ4v) is 3.62. The molecule has 2 atom stereocenters. The number of carboxylic acid groups (broad SMARTS) is 1. The third-order valence-corrected chi connectivity index (χ3v) is 5.32. The first kappa shape index (κ1) is 18.4. The summed E-state index contributed by atoms with van der Waals surface area (Å²) in [6.07, 6.45) is 0.495. The van der Waals surface area contributed by atoms with Crippen molar-refractivity contribution in [3.05, 3.63) is 71.8 Å². The third-order valence-electron chi connectivity index (χ3n) is 5.32. The van der Waals surface area contributed by atoms with Crippen molar-refractivity contribution >= 4 is 6.09 Å². The van der Waals surface area contributed by atoms with Gasteiger partial charge in [-0.25, -0.2) is 4.79 Å². The minimum Gasteiger partial charge on any atom is -0.465 e. The molecule has 2 aromatic rings. The summed E-state index contributed by atoms with van der Waals surface area (Å²) in [5.41, 5.74) is 1.89. The Kier molecular flexibility index (Phi) is 5.91. The van der Waals surface area contributed by atoms with Crippen molar-refractivity contribution in [2.75, 3.05) is 13.1 Å². The van der Waals surface area contributed by atoms with E-state index in [2.05, 4.69) is 29.6 Å². The summed E-state index contributed by atoms with van der Waals surface area (Å²) in [7, 11) is 0. The van der Waals surface area contributed by atoms with Crippen LogP contribution in [-0.4, -0.2) is 45.9 Å². The van der Waals surface area contributed by atoms with E-state index in [9.17, 15) is 15.0 Å². The number of rotatable bonds is 6. The Labute approximate surface area is 154 Å². The second kappa shape index (κ2) is 8.34. The summed E-state index contributed by atoms with van der Waals surface area (Å²) < 4.78 is 0. The van der Waals surface area contributed by atoms with E-state index in [1.807, 2.05) is 36.4 Å². The van der Waals surface area contributed by atoms with E-state index < -0.39 is 17.7 Å². The number of likely N-dealkylation sites (tertiary alicyclic amines) is 1. The number of aliphatic hydroxyl groups is 1. The molecule has 1 fully saturated rings. The van der Waals surface area contributed by atoms with Crippen LogP contribution in [0.25, 0.3) is 0 Å². The van der Waals surface area contributed by atoms with Crippen LogP contribution in [0.3, 0.4) is 0 Å². The van der Waals surface area contributed by atoms with Crippen molar-refractivity contribution in [3.63, 3.8) is 0 Å². The van der Waals surface area contributed by atoms with Gasteiger partial charge in [0.1, 0.15) is 0 Å². The fourth-order valence-electron chi connectivity index (χ4n) is 3.62. The number of aliphatic hydroxyl groups excluding tert-OH is 1. The number of carbonyl (C=O) groups is 1. The maximum absolute atomic E-state index is 11.3. The molecule has 0 aromatic heterocycles. The van der Waals surface area contributed by atoms with Gasteiger partial charge in [0.15, 0.2) is 0 Å². The zero-order valence-corrected chi connectivity index (χ0v) is 14.8. The SMILES string of the molecule is O=C(O)N1CC[C@](CCc2ccccc2)(NCc2ccccc2)[C@@H](O)C1. The van der Waals surface area contributed by atoms with Gasteiger partial charge in [0.2, 0.25) is 0 Å². The summed E-state index contributed by atoms with van der Waals surface area (Å²) in [6, 6.07) is 20.3. The molecule has 1 amide bonds. The van der Waals surface area contributed by atoms with Crippen molar-refractivity contribution in [1.82, 2.24) is 10.2 Å². The topological polar surface area (TPSA) is 72.8 Å². The van der Waals surface area contributed by atoms with Crippen molar-refractivity contribution in [1.29, 1.82) is 0 Å². The Morgan fingerprint density at radius 3 is 2.27 bits per heavy atom. The highest BCUT2D eigenvalue weighted by Crippen LogP contribution is 2.29. The zero-order chi connectivity index (χ0) is 18.4. The number of β-amino-alcohol motifs (C(OH)–C–C–N with tert-alkyl or cyclic N) is 1. The standard InChI is InChI=1S/C21H26N2O3/c24-19-16-23(20(25)26)14-13-21(19,12-11-17-7-3-1-4-8-17)22-15-18-9-5-2-6-10-18/h1-10,19,22,24H,11-16H2,(H,25,26)/t19-,21-/m0/s1. The molecule has 0 radical (unpaired) electrons. The third kappa shape index (κ3) is 4.42. The molecule has 5 heteroatoms. The van der Waals surface area contributed by atoms with Crippen LogP contribution in [-0.2, 0) is 13.0 Å². The molecule has 0 bridgehead atoms. The lowest BCUT2D eigenvalue weighted by Crippen LogP contribution is -2.63. The van der Waals surface area contributed by atoms with Crippen LogP contribution in [0.4, 0.5) is 4.79 Å². The normalized spacial score (nSPS) is 23.0. The Bertz CT molecular complexity index is 662. The Hall–Kier alpha value is -2.37. The summed E-state index contributed by atoms with van der Waals surface area (Å²) in [5, 5.41) is 23.6. The Morgan fingerprint density at radius 2 is 1.69 bits per heavy atom. The highest BCUT2D eigenvalue weighted by atomic mass is 16.4.